The normalized spacial score (nSPS) is 34.3. The molecule has 0 aromatic rings. The van der Waals surface area contributed by atoms with Crippen LogP contribution in [0, 0.1) is 16.7 Å². The minimum absolute atomic E-state index is 0.522. The summed E-state index contributed by atoms with van der Waals surface area (Å²) in [5, 5.41) is 3.49. The Balaban J connectivity index is 1.93. The van der Waals surface area contributed by atoms with Gasteiger partial charge in [0.15, 0.2) is 0 Å². The molecule has 2 atom stereocenters. The van der Waals surface area contributed by atoms with E-state index in [2.05, 4.69) is 45.1 Å². The first-order valence-corrected chi connectivity index (χ1v) is 9.21. The van der Waals surface area contributed by atoms with Crippen molar-refractivity contribution in [3.05, 3.63) is 0 Å². The molecule has 0 aromatic heterocycles. The molecule has 0 radical (unpaired) electrons. The Morgan fingerprint density at radius 3 is 2.33 bits per heavy atom. The summed E-state index contributed by atoms with van der Waals surface area (Å²) < 4.78 is 0. The predicted molar refractivity (Wildman–Crippen MR) is 92.7 cm³/mol. The fraction of sp³-hybridized carbons (Fsp3) is 1.00. The molecule has 2 unspecified atom stereocenters. The summed E-state index contributed by atoms with van der Waals surface area (Å²) in [4.78, 5) is 2.71. The van der Waals surface area contributed by atoms with Gasteiger partial charge in [-0.15, -0.1) is 0 Å². The van der Waals surface area contributed by atoms with Crippen LogP contribution < -0.4 is 5.32 Å². The van der Waals surface area contributed by atoms with Crippen molar-refractivity contribution in [3.63, 3.8) is 0 Å². The lowest BCUT2D eigenvalue weighted by molar-refractivity contribution is 0.0503. The molecule has 2 fully saturated rings. The van der Waals surface area contributed by atoms with Crippen molar-refractivity contribution in [1.29, 1.82) is 0 Å². The lowest BCUT2D eigenvalue weighted by Gasteiger charge is -2.46. The minimum Gasteiger partial charge on any atom is -0.319 e. The van der Waals surface area contributed by atoms with Crippen molar-refractivity contribution in [3.8, 4) is 0 Å². The summed E-state index contributed by atoms with van der Waals surface area (Å²) in [6, 6.07) is 0.823. The van der Waals surface area contributed by atoms with Gasteiger partial charge in [0.25, 0.3) is 0 Å². The van der Waals surface area contributed by atoms with Crippen LogP contribution in [0.25, 0.3) is 0 Å². The molecule has 0 spiro atoms. The van der Waals surface area contributed by atoms with Crippen LogP contribution >= 0.6 is 0 Å². The molecule has 21 heavy (non-hydrogen) atoms. The molecule has 2 aliphatic rings. The van der Waals surface area contributed by atoms with Gasteiger partial charge in [0.2, 0.25) is 0 Å². The summed E-state index contributed by atoms with van der Waals surface area (Å²) in [7, 11) is 4.52. The Hall–Kier alpha value is -0.0800. The van der Waals surface area contributed by atoms with E-state index in [0.717, 1.165) is 12.0 Å². The van der Waals surface area contributed by atoms with E-state index in [4.69, 9.17) is 0 Å². The summed E-state index contributed by atoms with van der Waals surface area (Å²) in [6.07, 6.45) is 11.3. The van der Waals surface area contributed by atoms with Gasteiger partial charge < -0.3 is 10.2 Å². The van der Waals surface area contributed by atoms with Crippen LogP contribution in [0.1, 0.15) is 72.1 Å². The number of hydrogen-bond donors (Lipinski definition) is 1. The first-order valence-electron chi connectivity index (χ1n) is 9.21. The average Bonchev–Trinajstić information content (AvgIpc) is 2.38. The lowest BCUT2D eigenvalue weighted by atomic mass is 9.69. The highest BCUT2D eigenvalue weighted by molar-refractivity contribution is 4.91. The average molecular weight is 295 g/mol. The van der Waals surface area contributed by atoms with Crippen molar-refractivity contribution < 1.29 is 0 Å². The molecule has 1 N–H and O–H groups in total. The largest absolute Gasteiger partial charge is 0.319 e. The van der Waals surface area contributed by atoms with Crippen molar-refractivity contribution in [2.45, 2.75) is 78.2 Å². The third-order valence-electron chi connectivity index (χ3n) is 6.25. The second-order valence-corrected chi connectivity index (χ2v) is 9.04. The molecule has 2 rings (SSSR count). The van der Waals surface area contributed by atoms with E-state index in [1.165, 1.54) is 64.5 Å². The van der Waals surface area contributed by atoms with Gasteiger partial charge in [-0.2, -0.15) is 0 Å². The van der Waals surface area contributed by atoms with Crippen LogP contribution in [0.15, 0.2) is 0 Å². The molecule has 0 aliphatic heterocycles. The Kier molecular flexibility index (Phi) is 5.76. The van der Waals surface area contributed by atoms with E-state index in [9.17, 15) is 0 Å². The van der Waals surface area contributed by atoms with Crippen molar-refractivity contribution in [2.75, 3.05) is 27.2 Å². The Labute approximate surface area is 133 Å². The molecule has 0 aromatic carbocycles. The minimum atomic E-state index is 0.522. The van der Waals surface area contributed by atoms with E-state index in [0.29, 0.717) is 10.8 Å². The fourth-order valence-electron chi connectivity index (χ4n) is 4.99. The second-order valence-electron chi connectivity index (χ2n) is 9.04. The highest BCUT2D eigenvalue weighted by Crippen LogP contribution is 2.41. The monoisotopic (exact) mass is 294 g/mol. The van der Waals surface area contributed by atoms with Crippen LogP contribution in [-0.2, 0) is 0 Å². The molecule has 124 valence electrons. The van der Waals surface area contributed by atoms with Gasteiger partial charge in [0.05, 0.1) is 0 Å². The molecular weight excluding hydrogens is 256 g/mol. The van der Waals surface area contributed by atoms with E-state index in [1.807, 2.05) is 0 Å². The molecule has 0 bridgehead atoms. The standard InChI is InChI=1S/C19H38N2/c1-16-7-6-10-19(13-16,14-20-4)15-21(5)17-8-11-18(2,3)12-9-17/h16-17,20H,6-15H2,1-5H3. The molecule has 2 saturated carbocycles. The quantitative estimate of drug-likeness (QED) is 0.813. The van der Waals surface area contributed by atoms with Gasteiger partial charge in [-0.25, -0.2) is 0 Å². The first-order chi connectivity index (χ1) is 9.86. The van der Waals surface area contributed by atoms with Crippen LogP contribution in [0.5, 0.6) is 0 Å². The summed E-state index contributed by atoms with van der Waals surface area (Å²) in [5.74, 6) is 0.908. The maximum Gasteiger partial charge on any atom is 0.00928 e. The maximum absolute atomic E-state index is 3.49. The number of nitrogens with one attached hydrogen (secondary N) is 1. The summed E-state index contributed by atoms with van der Waals surface area (Å²) in [5.41, 5.74) is 1.10. The first kappa shape index (κ1) is 17.3. The SMILES string of the molecule is CNCC1(CN(C)C2CCC(C)(C)CC2)CCCC(C)C1. The highest BCUT2D eigenvalue weighted by atomic mass is 15.1. The number of nitrogens with zero attached hydrogens (tertiary/aromatic N) is 1. The van der Waals surface area contributed by atoms with E-state index < -0.39 is 0 Å². The molecule has 0 amide bonds. The zero-order valence-corrected chi connectivity index (χ0v) is 15.2. The predicted octanol–water partition coefficient (Wildman–Crippen LogP) is 4.30. The van der Waals surface area contributed by atoms with Gasteiger partial charge in [-0.05, 0) is 69.4 Å². The van der Waals surface area contributed by atoms with Crippen LogP contribution in [0.3, 0.4) is 0 Å². The van der Waals surface area contributed by atoms with Crippen molar-refractivity contribution in [2.24, 2.45) is 16.7 Å². The van der Waals surface area contributed by atoms with Crippen molar-refractivity contribution >= 4 is 0 Å². The summed E-state index contributed by atoms with van der Waals surface area (Å²) in [6.45, 7) is 9.82. The smallest absolute Gasteiger partial charge is 0.00928 e. The van der Waals surface area contributed by atoms with Gasteiger partial charge in [0.1, 0.15) is 0 Å². The van der Waals surface area contributed by atoms with Crippen molar-refractivity contribution in [1.82, 2.24) is 10.2 Å². The molecule has 2 aliphatic carbocycles. The van der Waals surface area contributed by atoms with Gasteiger partial charge in [0, 0.05) is 19.1 Å². The second kappa shape index (κ2) is 7.00. The topological polar surface area (TPSA) is 15.3 Å². The van der Waals surface area contributed by atoms with Crippen LogP contribution in [0.4, 0.5) is 0 Å². The molecule has 0 saturated heterocycles. The molecular formula is C19H38N2. The summed E-state index contributed by atoms with van der Waals surface area (Å²) >= 11 is 0. The highest BCUT2D eigenvalue weighted by Gasteiger charge is 2.37. The lowest BCUT2D eigenvalue weighted by Crippen LogP contribution is -2.48. The van der Waals surface area contributed by atoms with Crippen LogP contribution in [-0.4, -0.2) is 38.1 Å². The number of hydrogen-bond acceptors (Lipinski definition) is 2. The third-order valence-corrected chi connectivity index (χ3v) is 6.25. The molecule has 0 heterocycles. The molecule has 2 nitrogen and oxygen atoms in total. The Bertz CT molecular complexity index is 312. The van der Waals surface area contributed by atoms with Gasteiger partial charge in [-0.3, -0.25) is 0 Å². The van der Waals surface area contributed by atoms with E-state index >= 15 is 0 Å². The van der Waals surface area contributed by atoms with Gasteiger partial charge >= 0.3 is 0 Å². The van der Waals surface area contributed by atoms with Gasteiger partial charge in [-0.1, -0.05) is 33.6 Å². The third kappa shape index (κ3) is 4.69. The Morgan fingerprint density at radius 2 is 1.76 bits per heavy atom. The fourth-order valence-corrected chi connectivity index (χ4v) is 4.99. The zero-order valence-electron chi connectivity index (χ0n) is 15.2. The van der Waals surface area contributed by atoms with Crippen LogP contribution in [0.2, 0.25) is 0 Å². The van der Waals surface area contributed by atoms with E-state index in [-0.39, 0.29) is 0 Å². The Morgan fingerprint density at radius 1 is 1.10 bits per heavy atom. The molecule has 2 heteroatoms. The zero-order chi connectivity index (χ0) is 15.5. The maximum atomic E-state index is 3.49. The number of rotatable bonds is 5. The van der Waals surface area contributed by atoms with E-state index in [1.54, 1.807) is 0 Å².